The Labute approximate surface area is 281 Å². The molecule has 0 fully saturated rings. The lowest BCUT2D eigenvalue weighted by molar-refractivity contribution is 0.674. The fourth-order valence-electron chi connectivity index (χ4n) is 6.57. The Morgan fingerprint density at radius 2 is 1.23 bits per heavy atom. The smallest absolute Gasteiger partial charge is 0.159 e. The number of nitrogens with one attached hydrogen (secondary N) is 2. The van der Waals surface area contributed by atoms with Crippen LogP contribution in [0.3, 0.4) is 0 Å². The quantitative estimate of drug-likeness (QED) is 0.155. The van der Waals surface area contributed by atoms with E-state index in [4.69, 9.17) is 15.7 Å². The maximum atomic E-state index is 6.35. The minimum atomic E-state index is -0.259. The van der Waals surface area contributed by atoms with E-state index in [1.807, 2.05) is 42.5 Å². The van der Waals surface area contributed by atoms with Gasteiger partial charge in [-0.25, -0.2) is 9.98 Å². The molecule has 2 aliphatic heterocycles. The molecule has 0 amide bonds. The summed E-state index contributed by atoms with van der Waals surface area (Å²) in [6.07, 6.45) is 0.848. The lowest BCUT2D eigenvalue weighted by Crippen LogP contribution is -2.33. The SMILES string of the molecule is CCC1Nc2ccccc2N1c1cc(N)ccc1-c1ccc(-c2ccc(C3N=C(c4ccccc4)N=C(c4ccccc4)N3)cc2)cc1. The zero-order valence-electron chi connectivity index (χ0n) is 26.7. The van der Waals surface area contributed by atoms with Crippen LogP contribution in [0.4, 0.5) is 22.7 Å². The van der Waals surface area contributed by atoms with Crippen LogP contribution in [0, 0.1) is 0 Å². The third-order valence-corrected chi connectivity index (χ3v) is 9.04. The van der Waals surface area contributed by atoms with E-state index in [9.17, 15) is 0 Å². The van der Waals surface area contributed by atoms with Crippen LogP contribution in [0.2, 0.25) is 0 Å². The third kappa shape index (κ3) is 5.58. The number of amidine groups is 2. The van der Waals surface area contributed by atoms with Crippen LogP contribution in [0.25, 0.3) is 22.3 Å². The predicted octanol–water partition coefficient (Wildman–Crippen LogP) is 9.40. The number of nitrogens with two attached hydrogens (primary N) is 1. The van der Waals surface area contributed by atoms with Gasteiger partial charge >= 0.3 is 0 Å². The van der Waals surface area contributed by atoms with Gasteiger partial charge in [0.25, 0.3) is 0 Å². The Balaban J connectivity index is 1.08. The average molecular weight is 625 g/mol. The van der Waals surface area contributed by atoms with Gasteiger partial charge in [-0.3, -0.25) is 0 Å². The molecule has 4 N–H and O–H groups in total. The molecule has 0 saturated carbocycles. The minimum Gasteiger partial charge on any atom is -0.399 e. The Bertz CT molecular complexity index is 2120. The normalized spacial score (nSPS) is 16.7. The van der Waals surface area contributed by atoms with Crippen molar-refractivity contribution in [1.82, 2.24) is 5.32 Å². The zero-order chi connectivity index (χ0) is 32.5. The molecule has 0 saturated heterocycles. The monoisotopic (exact) mass is 624 g/mol. The number of para-hydroxylation sites is 2. The first-order valence-electron chi connectivity index (χ1n) is 16.4. The van der Waals surface area contributed by atoms with Gasteiger partial charge < -0.3 is 21.3 Å². The summed E-state index contributed by atoms with van der Waals surface area (Å²) in [5.74, 6) is 1.54. The van der Waals surface area contributed by atoms with Gasteiger partial charge in [0, 0.05) is 22.4 Å². The van der Waals surface area contributed by atoms with E-state index in [-0.39, 0.29) is 12.3 Å². The number of fused-ring (bicyclic) bond motifs is 1. The zero-order valence-corrected chi connectivity index (χ0v) is 26.7. The highest BCUT2D eigenvalue weighted by Gasteiger charge is 2.30. The van der Waals surface area contributed by atoms with Gasteiger partial charge in [0.05, 0.1) is 17.1 Å². The molecule has 6 aromatic carbocycles. The van der Waals surface area contributed by atoms with E-state index < -0.39 is 0 Å². The van der Waals surface area contributed by atoms with Crippen molar-refractivity contribution < 1.29 is 0 Å². The molecule has 0 spiro atoms. The first-order valence-corrected chi connectivity index (χ1v) is 16.4. The van der Waals surface area contributed by atoms with Crippen LogP contribution >= 0.6 is 0 Å². The van der Waals surface area contributed by atoms with E-state index in [0.717, 1.165) is 74.1 Å². The predicted molar refractivity (Wildman–Crippen MR) is 200 cm³/mol. The number of anilines is 4. The van der Waals surface area contributed by atoms with Crippen molar-refractivity contribution in [1.29, 1.82) is 0 Å². The van der Waals surface area contributed by atoms with Gasteiger partial charge in [0.2, 0.25) is 0 Å². The van der Waals surface area contributed by atoms with Gasteiger partial charge in [0.15, 0.2) is 5.84 Å². The maximum Gasteiger partial charge on any atom is 0.159 e. The number of nitrogen functional groups attached to an aromatic ring is 1. The first kappa shape index (κ1) is 29.3. The molecular formula is C42H36N6. The number of benzene rings is 6. The van der Waals surface area contributed by atoms with Gasteiger partial charge in [0.1, 0.15) is 18.2 Å². The minimum absolute atomic E-state index is 0.155. The largest absolute Gasteiger partial charge is 0.399 e. The van der Waals surface area contributed by atoms with E-state index in [2.05, 4.69) is 132 Å². The Hall–Kier alpha value is -6.14. The van der Waals surface area contributed by atoms with Crippen LogP contribution in [-0.2, 0) is 0 Å². The lowest BCUT2D eigenvalue weighted by Gasteiger charge is -2.29. The standard InChI is InChI=1S/C42H36N6/c1-2-39-44-36-15-9-10-16-37(36)48(39)38-27-34(43)25-26-35(38)30-21-17-28(18-22-30)29-19-23-33(24-20-29)42-46-40(31-11-5-3-6-12-31)45-41(47-42)32-13-7-4-8-14-32/h3-27,39,42,44H,2,43H2,1H3,(H,45,46,47). The molecule has 6 aromatic rings. The number of hydrogen-bond donors (Lipinski definition) is 3. The van der Waals surface area contributed by atoms with Crippen LogP contribution in [0.5, 0.6) is 0 Å². The Morgan fingerprint density at radius 1 is 0.604 bits per heavy atom. The molecule has 2 heterocycles. The van der Waals surface area contributed by atoms with E-state index in [1.54, 1.807) is 0 Å². The van der Waals surface area contributed by atoms with Crippen molar-refractivity contribution in [2.45, 2.75) is 25.7 Å². The second kappa shape index (κ2) is 12.6. The highest BCUT2D eigenvalue weighted by Crippen LogP contribution is 2.45. The highest BCUT2D eigenvalue weighted by molar-refractivity contribution is 6.13. The van der Waals surface area contributed by atoms with Crippen LogP contribution in [0.15, 0.2) is 162 Å². The van der Waals surface area contributed by atoms with Crippen LogP contribution < -0.4 is 21.3 Å². The van der Waals surface area contributed by atoms with Gasteiger partial charge in [-0.2, -0.15) is 0 Å². The maximum absolute atomic E-state index is 6.35. The Morgan fingerprint density at radius 3 is 1.94 bits per heavy atom. The first-order chi connectivity index (χ1) is 23.6. The van der Waals surface area contributed by atoms with Crippen molar-refractivity contribution in [2.75, 3.05) is 16.0 Å². The number of hydrogen-bond acceptors (Lipinski definition) is 6. The fourth-order valence-corrected chi connectivity index (χ4v) is 6.57. The number of rotatable bonds is 7. The summed E-state index contributed by atoms with van der Waals surface area (Å²) in [6.45, 7) is 2.21. The number of aliphatic imine (C=N–C) groups is 2. The summed E-state index contributed by atoms with van der Waals surface area (Å²) < 4.78 is 0. The molecule has 2 unspecified atom stereocenters. The summed E-state index contributed by atoms with van der Waals surface area (Å²) in [5, 5.41) is 7.24. The lowest BCUT2D eigenvalue weighted by atomic mass is 9.97. The molecule has 234 valence electrons. The fraction of sp³-hybridized carbons (Fsp3) is 0.0952. The average Bonchev–Trinajstić information content (AvgIpc) is 3.54. The van der Waals surface area contributed by atoms with E-state index >= 15 is 0 Å². The molecule has 0 aliphatic carbocycles. The molecule has 6 heteroatoms. The van der Waals surface area contributed by atoms with Crippen molar-refractivity contribution in [2.24, 2.45) is 9.98 Å². The van der Waals surface area contributed by atoms with Crippen LogP contribution in [0.1, 0.15) is 36.2 Å². The summed E-state index contributed by atoms with van der Waals surface area (Å²) >= 11 is 0. The molecule has 0 radical (unpaired) electrons. The van der Waals surface area contributed by atoms with Gasteiger partial charge in [-0.15, -0.1) is 0 Å². The van der Waals surface area contributed by atoms with Gasteiger partial charge in [-0.05, 0) is 52.9 Å². The molecule has 2 atom stereocenters. The van der Waals surface area contributed by atoms with E-state index in [1.165, 1.54) is 5.69 Å². The highest BCUT2D eigenvalue weighted by atomic mass is 15.3. The van der Waals surface area contributed by atoms with Crippen molar-refractivity contribution in [3.63, 3.8) is 0 Å². The van der Waals surface area contributed by atoms with E-state index in [0.29, 0.717) is 0 Å². The van der Waals surface area contributed by atoms with Crippen LogP contribution in [-0.4, -0.2) is 17.8 Å². The topological polar surface area (TPSA) is 78.0 Å². The summed E-state index contributed by atoms with van der Waals surface area (Å²) in [5.41, 5.74) is 18.2. The summed E-state index contributed by atoms with van der Waals surface area (Å²) in [4.78, 5) is 12.3. The van der Waals surface area contributed by atoms with Gasteiger partial charge in [-0.1, -0.05) is 134 Å². The third-order valence-electron chi connectivity index (χ3n) is 9.04. The molecule has 6 nitrogen and oxygen atoms in total. The summed E-state index contributed by atoms with van der Waals surface area (Å²) in [6, 6.07) is 52.5. The molecule has 0 bridgehead atoms. The second-order valence-corrected chi connectivity index (χ2v) is 12.1. The summed E-state index contributed by atoms with van der Waals surface area (Å²) in [7, 11) is 0. The van der Waals surface area contributed by atoms with Crippen molar-refractivity contribution in [3.8, 4) is 22.3 Å². The molecular weight excluding hydrogens is 589 g/mol. The second-order valence-electron chi connectivity index (χ2n) is 12.1. The van der Waals surface area contributed by atoms with Crippen molar-refractivity contribution in [3.05, 3.63) is 168 Å². The molecule has 48 heavy (non-hydrogen) atoms. The molecule has 2 aliphatic rings. The molecule has 8 rings (SSSR count). The molecule has 0 aromatic heterocycles. The Kier molecular flexibility index (Phi) is 7.67. The number of nitrogens with zero attached hydrogens (tertiary/aromatic N) is 3. The van der Waals surface area contributed by atoms with Crippen molar-refractivity contribution >= 4 is 34.4 Å².